The molecule has 0 aromatic heterocycles. The molecule has 1 N–H and O–H groups in total. The maximum Gasteiger partial charge on any atom is 0.123 e. The molecule has 0 aliphatic rings. The molecular formula is C13H19BrClNO2. The Hall–Kier alpha value is -0.290. The SMILES string of the molecule is COCC(CCCl)NCc1cc(Br)ccc1OC. The largest absolute Gasteiger partial charge is 0.496 e. The fourth-order valence-corrected chi connectivity index (χ4v) is 2.39. The van der Waals surface area contributed by atoms with Gasteiger partial charge in [0.1, 0.15) is 5.75 Å². The van der Waals surface area contributed by atoms with Gasteiger partial charge >= 0.3 is 0 Å². The van der Waals surface area contributed by atoms with Crippen LogP contribution in [0.25, 0.3) is 0 Å². The summed E-state index contributed by atoms with van der Waals surface area (Å²) >= 11 is 9.23. The lowest BCUT2D eigenvalue weighted by Crippen LogP contribution is -2.33. The van der Waals surface area contributed by atoms with Crippen LogP contribution >= 0.6 is 27.5 Å². The Labute approximate surface area is 122 Å². The van der Waals surface area contributed by atoms with E-state index in [9.17, 15) is 0 Å². The third-order valence-corrected chi connectivity index (χ3v) is 3.36. The maximum absolute atomic E-state index is 5.77. The Balaban J connectivity index is 2.62. The second kappa shape index (κ2) is 8.75. The van der Waals surface area contributed by atoms with Gasteiger partial charge in [-0.3, -0.25) is 0 Å². The molecule has 1 atom stereocenters. The van der Waals surface area contributed by atoms with E-state index in [2.05, 4.69) is 27.3 Å². The van der Waals surface area contributed by atoms with Gasteiger partial charge in [-0.15, -0.1) is 11.6 Å². The van der Waals surface area contributed by atoms with E-state index in [1.54, 1.807) is 14.2 Å². The first-order valence-corrected chi connectivity index (χ1v) is 7.14. The fourth-order valence-electron chi connectivity index (χ4n) is 1.72. The lowest BCUT2D eigenvalue weighted by molar-refractivity contribution is 0.164. The molecule has 1 rings (SSSR count). The second-order valence-corrected chi connectivity index (χ2v) is 5.26. The third-order valence-electron chi connectivity index (χ3n) is 2.65. The summed E-state index contributed by atoms with van der Waals surface area (Å²) in [6, 6.07) is 6.23. The van der Waals surface area contributed by atoms with Crippen molar-refractivity contribution < 1.29 is 9.47 Å². The highest BCUT2D eigenvalue weighted by Gasteiger charge is 2.09. The van der Waals surface area contributed by atoms with Crippen molar-refractivity contribution >= 4 is 27.5 Å². The lowest BCUT2D eigenvalue weighted by Gasteiger charge is -2.18. The number of ether oxygens (including phenoxy) is 2. The number of benzene rings is 1. The average molecular weight is 337 g/mol. The van der Waals surface area contributed by atoms with Gasteiger partial charge in [-0.05, 0) is 24.6 Å². The molecule has 0 saturated carbocycles. The van der Waals surface area contributed by atoms with E-state index >= 15 is 0 Å². The van der Waals surface area contributed by atoms with Crippen LogP contribution in [0.4, 0.5) is 0 Å². The van der Waals surface area contributed by atoms with Crippen LogP contribution in [-0.4, -0.2) is 32.7 Å². The zero-order valence-corrected chi connectivity index (χ0v) is 13.1. The monoisotopic (exact) mass is 335 g/mol. The summed E-state index contributed by atoms with van der Waals surface area (Å²) in [5.41, 5.74) is 1.11. The van der Waals surface area contributed by atoms with Crippen LogP contribution in [0.15, 0.2) is 22.7 Å². The number of hydrogen-bond donors (Lipinski definition) is 1. The Morgan fingerprint density at radius 3 is 2.78 bits per heavy atom. The van der Waals surface area contributed by atoms with Crippen molar-refractivity contribution in [2.75, 3.05) is 26.7 Å². The van der Waals surface area contributed by atoms with Gasteiger partial charge < -0.3 is 14.8 Å². The van der Waals surface area contributed by atoms with E-state index in [1.807, 2.05) is 12.1 Å². The molecule has 1 aromatic carbocycles. The molecule has 3 nitrogen and oxygen atoms in total. The first kappa shape index (κ1) is 15.8. The second-order valence-electron chi connectivity index (χ2n) is 3.97. The number of nitrogens with one attached hydrogen (secondary N) is 1. The van der Waals surface area contributed by atoms with Crippen molar-refractivity contribution in [1.29, 1.82) is 0 Å². The van der Waals surface area contributed by atoms with Crippen molar-refractivity contribution in [3.05, 3.63) is 28.2 Å². The summed E-state index contributed by atoms with van der Waals surface area (Å²) in [5.74, 6) is 1.50. The van der Waals surface area contributed by atoms with Gasteiger partial charge in [0.2, 0.25) is 0 Å². The highest BCUT2D eigenvalue weighted by atomic mass is 79.9. The number of alkyl halides is 1. The highest BCUT2D eigenvalue weighted by molar-refractivity contribution is 9.10. The minimum atomic E-state index is 0.260. The molecule has 0 fully saturated rings. The van der Waals surface area contributed by atoms with Gasteiger partial charge in [-0.25, -0.2) is 0 Å². The summed E-state index contributed by atoms with van der Waals surface area (Å²) in [6.07, 6.45) is 0.881. The number of rotatable bonds is 8. The van der Waals surface area contributed by atoms with Crippen LogP contribution in [0.5, 0.6) is 5.75 Å². The standard InChI is InChI=1S/C13H19BrClNO2/c1-17-9-12(5-6-15)16-8-10-7-11(14)3-4-13(10)18-2/h3-4,7,12,16H,5-6,8-9H2,1-2H3. The Bertz CT molecular complexity index is 357. The van der Waals surface area contributed by atoms with Crippen molar-refractivity contribution in [2.45, 2.75) is 19.0 Å². The van der Waals surface area contributed by atoms with E-state index in [-0.39, 0.29) is 6.04 Å². The number of hydrogen-bond acceptors (Lipinski definition) is 3. The van der Waals surface area contributed by atoms with Crippen LogP contribution in [0.3, 0.4) is 0 Å². The first-order valence-electron chi connectivity index (χ1n) is 5.82. The normalized spacial score (nSPS) is 12.4. The van der Waals surface area contributed by atoms with Crippen LogP contribution in [0.1, 0.15) is 12.0 Å². The van der Waals surface area contributed by atoms with E-state index in [4.69, 9.17) is 21.1 Å². The summed E-state index contributed by atoms with van der Waals surface area (Å²) in [4.78, 5) is 0. The zero-order valence-electron chi connectivity index (χ0n) is 10.7. The van der Waals surface area contributed by atoms with Gasteiger partial charge in [0.25, 0.3) is 0 Å². The third kappa shape index (κ3) is 5.14. The predicted molar refractivity (Wildman–Crippen MR) is 78.5 cm³/mol. The molecule has 102 valence electrons. The summed E-state index contributed by atoms with van der Waals surface area (Å²) < 4.78 is 11.5. The Morgan fingerprint density at radius 1 is 1.39 bits per heavy atom. The molecule has 0 heterocycles. The molecule has 0 aliphatic heterocycles. The van der Waals surface area contributed by atoms with Gasteiger partial charge in [-0.2, -0.15) is 0 Å². The minimum absolute atomic E-state index is 0.260. The average Bonchev–Trinajstić information content (AvgIpc) is 2.36. The van der Waals surface area contributed by atoms with Gasteiger partial charge in [-0.1, -0.05) is 15.9 Å². The Morgan fingerprint density at radius 2 is 2.17 bits per heavy atom. The van der Waals surface area contributed by atoms with Crippen molar-refractivity contribution in [2.24, 2.45) is 0 Å². The smallest absolute Gasteiger partial charge is 0.123 e. The molecule has 0 saturated heterocycles. The Kier molecular flexibility index (Phi) is 7.66. The van der Waals surface area contributed by atoms with Gasteiger partial charge in [0.15, 0.2) is 0 Å². The lowest BCUT2D eigenvalue weighted by atomic mass is 10.1. The van der Waals surface area contributed by atoms with Crippen molar-refractivity contribution in [1.82, 2.24) is 5.32 Å². The molecule has 0 aliphatic carbocycles. The molecule has 1 unspecified atom stereocenters. The quantitative estimate of drug-likeness (QED) is 0.740. The topological polar surface area (TPSA) is 30.5 Å². The summed E-state index contributed by atoms with van der Waals surface area (Å²) in [7, 11) is 3.38. The van der Waals surface area contributed by atoms with Crippen LogP contribution in [-0.2, 0) is 11.3 Å². The van der Waals surface area contributed by atoms with Crippen LogP contribution in [0, 0.1) is 0 Å². The molecule has 0 bridgehead atoms. The molecule has 0 radical (unpaired) electrons. The molecule has 18 heavy (non-hydrogen) atoms. The van der Waals surface area contributed by atoms with Gasteiger partial charge in [0.05, 0.1) is 13.7 Å². The van der Waals surface area contributed by atoms with E-state index in [1.165, 1.54) is 0 Å². The number of halogens is 2. The summed E-state index contributed by atoms with van der Waals surface area (Å²) in [6.45, 7) is 1.39. The van der Waals surface area contributed by atoms with E-state index in [0.29, 0.717) is 12.5 Å². The first-order chi connectivity index (χ1) is 8.71. The maximum atomic E-state index is 5.77. The summed E-state index contributed by atoms with van der Waals surface area (Å²) in [5, 5.41) is 3.43. The van der Waals surface area contributed by atoms with Gasteiger partial charge in [0, 0.05) is 35.6 Å². The molecular weight excluding hydrogens is 318 g/mol. The van der Waals surface area contributed by atoms with Crippen molar-refractivity contribution in [3.8, 4) is 5.75 Å². The van der Waals surface area contributed by atoms with Crippen molar-refractivity contribution in [3.63, 3.8) is 0 Å². The van der Waals surface area contributed by atoms with Crippen LogP contribution in [0.2, 0.25) is 0 Å². The predicted octanol–water partition coefficient (Wildman–Crippen LogP) is 3.19. The molecule has 1 aromatic rings. The molecule has 0 amide bonds. The minimum Gasteiger partial charge on any atom is -0.496 e. The zero-order chi connectivity index (χ0) is 13.4. The number of methoxy groups -OCH3 is 2. The molecule has 5 heteroatoms. The fraction of sp³-hybridized carbons (Fsp3) is 0.538. The van der Waals surface area contributed by atoms with E-state index < -0.39 is 0 Å². The molecule has 0 spiro atoms. The van der Waals surface area contributed by atoms with E-state index in [0.717, 1.165) is 28.8 Å². The highest BCUT2D eigenvalue weighted by Crippen LogP contribution is 2.22. The van der Waals surface area contributed by atoms with Crippen LogP contribution < -0.4 is 10.1 Å².